The zero-order chi connectivity index (χ0) is 39.7. The summed E-state index contributed by atoms with van der Waals surface area (Å²) in [4.78, 5) is 38.9. The molecule has 2 fully saturated rings. The molecular weight excluding hydrogens is 713 g/mol. The Labute approximate surface area is 312 Å². The minimum absolute atomic E-state index is 0.0156. The van der Waals surface area contributed by atoms with Crippen molar-refractivity contribution in [2.45, 2.75) is 97.5 Å². The van der Waals surface area contributed by atoms with Gasteiger partial charge < -0.3 is 34.3 Å². The van der Waals surface area contributed by atoms with Gasteiger partial charge in [0.1, 0.15) is 0 Å². The van der Waals surface area contributed by atoms with Gasteiger partial charge in [0.2, 0.25) is 5.91 Å². The lowest BCUT2D eigenvalue weighted by molar-refractivity contribution is -0.169. The number of morpholine rings is 1. The zero-order valence-electron chi connectivity index (χ0n) is 31.4. The maximum Gasteiger partial charge on any atom is 0.418 e. The van der Waals surface area contributed by atoms with Crippen molar-refractivity contribution < 1.29 is 51.6 Å². The fraction of sp³-hybridized carbons (Fsp3) is 0.541. The molecule has 0 bridgehead atoms. The standard InChI is InChI=1S/C29H31F3N6O7.C8H18O/c30-29(31,32)21-13-22(23(35-28(41)42)14-24(21)37-7-10-43-11-8-37)34-26(40)15-25(39)18-4-3-5-19(12-18)38-20(16-33-36-38)17-45-27-6-1-2-9-44-27;1-7(2,3)9-8(4,5)6/h3-5,12-14,16,27,35H,1-2,6-11,15,17H2,(H,34,40)(H,41,42);1-6H3. The number of benzene rings is 2. The van der Waals surface area contributed by atoms with E-state index in [1.807, 2.05) is 5.32 Å². The van der Waals surface area contributed by atoms with E-state index in [2.05, 4.69) is 57.2 Å². The lowest BCUT2D eigenvalue weighted by Gasteiger charge is -2.32. The number of Topliss-reactive ketones (excluding diaryl/α,β-unsaturated/α-hetero) is 1. The number of aromatic nitrogens is 3. The van der Waals surface area contributed by atoms with Crippen LogP contribution in [-0.4, -0.2) is 88.3 Å². The minimum Gasteiger partial charge on any atom is -0.465 e. The molecule has 1 aromatic heterocycles. The molecule has 3 heterocycles. The zero-order valence-corrected chi connectivity index (χ0v) is 31.4. The fourth-order valence-electron chi connectivity index (χ4n) is 5.97. The van der Waals surface area contributed by atoms with Crippen LogP contribution in [0.15, 0.2) is 42.6 Å². The maximum absolute atomic E-state index is 14.1. The third-order valence-corrected chi connectivity index (χ3v) is 7.83. The fourth-order valence-corrected chi connectivity index (χ4v) is 5.97. The van der Waals surface area contributed by atoms with Crippen LogP contribution in [0.2, 0.25) is 0 Å². The average Bonchev–Trinajstić information content (AvgIpc) is 3.55. The molecule has 2 aliphatic rings. The van der Waals surface area contributed by atoms with Gasteiger partial charge in [-0.05, 0) is 85.1 Å². The molecule has 1 unspecified atom stereocenters. The Kier molecular flexibility index (Phi) is 14.2. The number of halogens is 3. The Morgan fingerprint density at radius 3 is 2.22 bits per heavy atom. The van der Waals surface area contributed by atoms with Crippen molar-refractivity contribution in [3.63, 3.8) is 0 Å². The monoisotopic (exact) mass is 762 g/mol. The van der Waals surface area contributed by atoms with Gasteiger partial charge in [-0.25, -0.2) is 9.48 Å². The Morgan fingerprint density at radius 2 is 1.63 bits per heavy atom. The number of hydrogen-bond donors (Lipinski definition) is 3. The Morgan fingerprint density at radius 1 is 0.944 bits per heavy atom. The first-order valence-corrected chi connectivity index (χ1v) is 17.6. The highest BCUT2D eigenvalue weighted by Crippen LogP contribution is 2.42. The average molecular weight is 763 g/mol. The number of carbonyl (C=O) groups excluding carboxylic acids is 2. The summed E-state index contributed by atoms with van der Waals surface area (Å²) in [5.74, 6) is -1.56. The van der Waals surface area contributed by atoms with Gasteiger partial charge in [-0.15, -0.1) is 5.10 Å². The summed E-state index contributed by atoms with van der Waals surface area (Å²) in [5.41, 5.74) is -0.863. The number of nitrogens with one attached hydrogen (secondary N) is 2. The van der Waals surface area contributed by atoms with Gasteiger partial charge in [-0.3, -0.25) is 14.9 Å². The number of rotatable bonds is 10. The lowest BCUT2D eigenvalue weighted by atomic mass is 10.1. The number of anilines is 3. The molecule has 2 saturated heterocycles. The van der Waals surface area contributed by atoms with E-state index in [9.17, 15) is 32.7 Å². The number of nitrogens with zero attached hydrogens (tertiary/aromatic N) is 4. The SMILES string of the molecule is CC(C)(C)OC(C)(C)C.O=C(O)Nc1cc(N2CCOCC2)c(C(F)(F)F)cc1NC(=O)CC(=O)c1cccc(-n2nncc2COC2CCCCO2)c1. The van der Waals surface area contributed by atoms with E-state index >= 15 is 0 Å². The van der Waals surface area contributed by atoms with Crippen molar-refractivity contribution in [2.75, 3.05) is 48.4 Å². The van der Waals surface area contributed by atoms with Crippen molar-refractivity contribution in [1.82, 2.24) is 15.0 Å². The summed E-state index contributed by atoms with van der Waals surface area (Å²) in [7, 11) is 0. The van der Waals surface area contributed by atoms with Gasteiger partial charge >= 0.3 is 12.3 Å². The topological polar surface area (TPSA) is 166 Å². The van der Waals surface area contributed by atoms with Crippen LogP contribution in [0, 0.1) is 0 Å². The number of amides is 2. The smallest absolute Gasteiger partial charge is 0.418 e. The maximum atomic E-state index is 14.1. The van der Waals surface area contributed by atoms with E-state index in [0.29, 0.717) is 24.1 Å². The molecule has 14 nitrogen and oxygen atoms in total. The van der Waals surface area contributed by atoms with E-state index < -0.39 is 41.6 Å². The second-order valence-corrected chi connectivity index (χ2v) is 14.7. The molecule has 2 aromatic carbocycles. The first kappa shape index (κ1) is 42.2. The number of ketones is 1. The molecule has 0 spiro atoms. The van der Waals surface area contributed by atoms with Crippen LogP contribution in [-0.2, 0) is 36.5 Å². The molecule has 0 radical (unpaired) electrons. The normalized spacial score (nSPS) is 16.6. The molecule has 17 heteroatoms. The Bertz CT molecular complexity index is 1730. The number of carboxylic acid groups (broad SMARTS) is 1. The first-order valence-electron chi connectivity index (χ1n) is 17.6. The summed E-state index contributed by atoms with van der Waals surface area (Å²) in [6, 6.07) is 7.94. The molecule has 1 atom stereocenters. The largest absolute Gasteiger partial charge is 0.465 e. The van der Waals surface area contributed by atoms with Crippen molar-refractivity contribution in [2.24, 2.45) is 0 Å². The summed E-state index contributed by atoms with van der Waals surface area (Å²) >= 11 is 0. The Balaban J connectivity index is 0.000000641. The van der Waals surface area contributed by atoms with E-state index in [1.165, 1.54) is 27.9 Å². The summed E-state index contributed by atoms with van der Waals surface area (Å²) in [6.45, 7) is 13.9. The predicted molar refractivity (Wildman–Crippen MR) is 194 cm³/mol. The second-order valence-electron chi connectivity index (χ2n) is 14.7. The van der Waals surface area contributed by atoms with E-state index in [4.69, 9.17) is 18.9 Å². The lowest BCUT2D eigenvalue weighted by Crippen LogP contribution is -2.37. The van der Waals surface area contributed by atoms with Crippen LogP contribution in [0.3, 0.4) is 0 Å². The summed E-state index contributed by atoms with van der Waals surface area (Å²) in [5, 5.41) is 21.6. The molecule has 2 amide bonds. The molecule has 3 N–H and O–H groups in total. The quantitative estimate of drug-likeness (QED) is 0.143. The van der Waals surface area contributed by atoms with Gasteiger partial charge in [0.25, 0.3) is 0 Å². The van der Waals surface area contributed by atoms with Crippen LogP contribution >= 0.6 is 0 Å². The number of hydrogen-bond acceptors (Lipinski definition) is 10. The molecule has 0 saturated carbocycles. The Hall–Kier alpha value is -4.58. The van der Waals surface area contributed by atoms with Gasteiger partial charge in [0, 0.05) is 25.3 Å². The van der Waals surface area contributed by atoms with E-state index in [0.717, 1.165) is 25.3 Å². The van der Waals surface area contributed by atoms with E-state index in [1.54, 1.807) is 12.1 Å². The van der Waals surface area contributed by atoms with E-state index in [-0.39, 0.29) is 67.3 Å². The van der Waals surface area contributed by atoms with Crippen LogP contribution in [0.25, 0.3) is 5.69 Å². The molecular formula is C37H49F3N6O8. The number of carbonyl (C=O) groups is 3. The van der Waals surface area contributed by atoms with Gasteiger partial charge in [-0.1, -0.05) is 17.3 Å². The third kappa shape index (κ3) is 13.1. The molecule has 0 aliphatic carbocycles. The van der Waals surface area contributed by atoms with Gasteiger partial charge in [-0.2, -0.15) is 13.2 Å². The van der Waals surface area contributed by atoms with Crippen LogP contribution in [0.1, 0.15) is 88.8 Å². The van der Waals surface area contributed by atoms with Crippen LogP contribution in [0.5, 0.6) is 0 Å². The molecule has 54 heavy (non-hydrogen) atoms. The van der Waals surface area contributed by atoms with Crippen LogP contribution < -0.4 is 15.5 Å². The van der Waals surface area contributed by atoms with Gasteiger partial charge in [0.05, 0.1) is 77.6 Å². The molecule has 296 valence electrons. The summed E-state index contributed by atoms with van der Waals surface area (Å²) < 4.78 is 66.0. The third-order valence-electron chi connectivity index (χ3n) is 7.83. The first-order chi connectivity index (χ1) is 25.3. The minimum atomic E-state index is -4.82. The molecule has 2 aliphatic heterocycles. The number of alkyl halides is 3. The molecule has 3 aromatic rings. The van der Waals surface area contributed by atoms with Crippen molar-refractivity contribution >= 4 is 34.8 Å². The van der Waals surface area contributed by atoms with Crippen molar-refractivity contribution in [1.29, 1.82) is 0 Å². The van der Waals surface area contributed by atoms with Crippen molar-refractivity contribution in [3.8, 4) is 5.69 Å². The highest BCUT2D eigenvalue weighted by atomic mass is 19.4. The summed E-state index contributed by atoms with van der Waals surface area (Å²) in [6.07, 6.45) is -3.15. The number of ether oxygens (including phenoxy) is 4. The second kappa shape index (κ2) is 18.2. The highest BCUT2D eigenvalue weighted by molar-refractivity contribution is 6.12. The highest BCUT2D eigenvalue weighted by Gasteiger charge is 2.37. The van der Waals surface area contributed by atoms with Crippen LogP contribution in [0.4, 0.5) is 35.0 Å². The molecule has 5 rings (SSSR count). The van der Waals surface area contributed by atoms with Gasteiger partial charge in [0.15, 0.2) is 12.1 Å². The van der Waals surface area contributed by atoms with Crippen molar-refractivity contribution in [3.05, 3.63) is 59.4 Å². The predicted octanol–water partition coefficient (Wildman–Crippen LogP) is 7.07.